The van der Waals surface area contributed by atoms with E-state index in [1.165, 1.54) is 5.56 Å². The number of benzene rings is 3. The van der Waals surface area contributed by atoms with Crippen LogP contribution in [-0.2, 0) is 0 Å². The Kier molecular flexibility index (Phi) is 6.20. The number of anilines is 1. The lowest BCUT2D eigenvalue weighted by Crippen LogP contribution is -2.50. The predicted octanol–water partition coefficient (Wildman–Crippen LogP) is 3.73. The van der Waals surface area contributed by atoms with Gasteiger partial charge in [0.1, 0.15) is 19.7 Å². The molecule has 2 aliphatic heterocycles. The zero-order chi connectivity index (χ0) is 23.7. The highest BCUT2D eigenvalue weighted by Gasteiger charge is 2.35. The Morgan fingerprint density at radius 1 is 0.941 bits per heavy atom. The van der Waals surface area contributed by atoms with Gasteiger partial charge in [-0.1, -0.05) is 41.3 Å². The van der Waals surface area contributed by atoms with Gasteiger partial charge in [-0.05, 0) is 42.0 Å². The molecule has 0 radical (unpaired) electrons. The number of halogens is 1. The van der Waals surface area contributed by atoms with Gasteiger partial charge in [-0.15, -0.1) is 0 Å². The molecule has 0 amide bonds. The van der Waals surface area contributed by atoms with Crippen LogP contribution in [0.15, 0.2) is 60.7 Å². The van der Waals surface area contributed by atoms with Gasteiger partial charge < -0.3 is 9.64 Å². The van der Waals surface area contributed by atoms with Gasteiger partial charge in [-0.2, -0.15) is 10.5 Å². The molecule has 34 heavy (non-hydrogen) atoms. The van der Waals surface area contributed by atoms with Gasteiger partial charge in [0.2, 0.25) is 0 Å². The highest BCUT2D eigenvalue weighted by atomic mass is 35.5. The lowest BCUT2D eigenvalue weighted by Gasteiger charge is -2.47. The normalized spacial score (nSPS) is 20.0. The quantitative estimate of drug-likeness (QED) is 0.550. The smallest absolute Gasteiger partial charge is 0.139 e. The number of ether oxygens (including phenoxy) is 1. The minimum absolute atomic E-state index is 0.0745. The van der Waals surface area contributed by atoms with Crippen LogP contribution in [0, 0.1) is 22.7 Å². The van der Waals surface area contributed by atoms with E-state index in [0.717, 1.165) is 48.5 Å². The van der Waals surface area contributed by atoms with Crippen LogP contribution in [0.4, 0.5) is 5.69 Å². The highest BCUT2D eigenvalue weighted by molar-refractivity contribution is 6.32. The van der Waals surface area contributed by atoms with Crippen molar-refractivity contribution in [3.8, 4) is 17.9 Å². The summed E-state index contributed by atoms with van der Waals surface area (Å²) in [5, 5.41) is 19.8. The van der Waals surface area contributed by atoms with Crippen LogP contribution < -0.4 is 15.1 Å². The number of fused-ring (bicyclic) bond motifs is 1. The second kappa shape index (κ2) is 9.43. The summed E-state index contributed by atoms with van der Waals surface area (Å²) in [5.41, 5.74) is 5.68. The molecular formula is C27H24BClN4O. The van der Waals surface area contributed by atoms with E-state index in [4.69, 9.17) is 16.3 Å². The van der Waals surface area contributed by atoms with E-state index in [1.54, 1.807) is 0 Å². The molecule has 1 saturated heterocycles. The second-order valence-electron chi connectivity index (χ2n) is 8.91. The maximum absolute atomic E-state index is 9.83. The topological polar surface area (TPSA) is 63.3 Å². The Hall–Kier alpha value is -3.45. The zero-order valence-corrected chi connectivity index (χ0v) is 19.8. The van der Waals surface area contributed by atoms with Crippen LogP contribution in [0.25, 0.3) is 0 Å². The number of rotatable bonds is 3. The maximum Gasteiger partial charge on any atom is 0.139 e. The van der Waals surface area contributed by atoms with Crippen molar-refractivity contribution in [3.05, 3.63) is 87.9 Å². The summed E-state index contributed by atoms with van der Waals surface area (Å²) in [5.74, 6) is 0.811. The first kappa shape index (κ1) is 22.4. The van der Waals surface area contributed by atoms with Gasteiger partial charge in [0.05, 0.1) is 35.5 Å². The fourth-order valence-corrected chi connectivity index (χ4v) is 5.28. The standard InChI is InChI=1S/C27H24BClN4O/c28-21-4-8-24(20(14-21)16-31)33-11-10-32(17-26(33)19-2-5-22(29)6-3-19)25-9-12-34-27-13-18(15-30)1-7-23(25)27/h1-8,13-14,25-26H,9-12,17,28H2/t25?,26-/m0/s1. The summed E-state index contributed by atoms with van der Waals surface area (Å²) in [7, 11) is 2.01. The van der Waals surface area contributed by atoms with Gasteiger partial charge >= 0.3 is 0 Å². The van der Waals surface area contributed by atoms with E-state index in [2.05, 4.69) is 46.2 Å². The third-order valence-electron chi connectivity index (χ3n) is 6.84. The Balaban J connectivity index is 1.51. The third kappa shape index (κ3) is 4.23. The van der Waals surface area contributed by atoms with Crippen LogP contribution in [0.5, 0.6) is 5.75 Å². The van der Waals surface area contributed by atoms with E-state index in [-0.39, 0.29) is 12.1 Å². The second-order valence-corrected chi connectivity index (χ2v) is 9.34. The van der Waals surface area contributed by atoms with Crippen molar-refractivity contribution in [2.45, 2.75) is 18.5 Å². The molecule has 5 rings (SSSR count). The summed E-state index contributed by atoms with van der Waals surface area (Å²) in [6, 6.07) is 24.8. The maximum atomic E-state index is 9.83. The molecule has 1 fully saturated rings. The van der Waals surface area contributed by atoms with Gasteiger partial charge in [0, 0.05) is 42.7 Å². The summed E-state index contributed by atoms with van der Waals surface area (Å²) in [6.07, 6.45) is 0.903. The summed E-state index contributed by atoms with van der Waals surface area (Å²) >= 11 is 6.20. The van der Waals surface area contributed by atoms with Crippen LogP contribution in [0.2, 0.25) is 5.02 Å². The molecule has 0 N–H and O–H groups in total. The third-order valence-corrected chi connectivity index (χ3v) is 7.09. The van der Waals surface area contributed by atoms with Crippen molar-refractivity contribution in [2.75, 3.05) is 31.1 Å². The molecule has 0 bridgehead atoms. The SMILES string of the molecule is Bc1ccc(N2CCN(C3CCOc4cc(C#N)ccc43)C[C@H]2c2ccc(Cl)cc2)c(C#N)c1. The zero-order valence-electron chi connectivity index (χ0n) is 19.0. The minimum Gasteiger partial charge on any atom is -0.493 e. The van der Waals surface area contributed by atoms with Gasteiger partial charge in [0.15, 0.2) is 0 Å². The van der Waals surface area contributed by atoms with E-state index in [1.807, 2.05) is 44.2 Å². The van der Waals surface area contributed by atoms with Crippen molar-refractivity contribution in [3.63, 3.8) is 0 Å². The lowest BCUT2D eigenvalue weighted by molar-refractivity contribution is 0.117. The fourth-order valence-electron chi connectivity index (χ4n) is 5.16. The van der Waals surface area contributed by atoms with Crippen molar-refractivity contribution >= 4 is 30.6 Å². The number of hydrogen-bond donors (Lipinski definition) is 0. The molecule has 0 spiro atoms. The van der Waals surface area contributed by atoms with Crippen molar-refractivity contribution in [1.82, 2.24) is 4.90 Å². The fraction of sp³-hybridized carbons (Fsp3) is 0.259. The molecule has 3 aromatic carbocycles. The number of nitrogens with zero attached hydrogens (tertiary/aromatic N) is 4. The lowest BCUT2D eigenvalue weighted by atomic mass is 9.91. The first-order valence-corrected chi connectivity index (χ1v) is 11.9. The first-order chi connectivity index (χ1) is 16.6. The molecule has 2 heterocycles. The number of nitriles is 2. The Morgan fingerprint density at radius 2 is 1.76 bits per heavy atom. The molecule has 2 aliphatic rings. The molecule has 1 unspecified atom stereocenters. The van der Waals surface area contributed by atoms with Crippen LogP contribution in [0.3, 0.4) is 0 Å². The summed E-state index contributed by atoms with van der Waals surface area (Å²) < 4.78 is 5.90. The van der Waals surface area contributed by atoms with E-state index < -0.39 is 0 Å². The van der Waals surface area contributed by atoms with Crippen molar-refractivity contribution in [1.29, 1.82) is 10.5 Å². The molecule has 2 atom stereocenters. The summed E-state index contributed by atoms with van der Waals surface area (Å²) in [4.78, 5) is 4.88. The van der Waals surface area contributed by atoms with Gasteiger partial charge in [-0.25, -0.2) is 0 Å². The molecule has 168 valence electrons. The van der Waals surface area contributed by atoms with Crippen molar-refractivity contribution in [2.24, 2.45) is 0 Å². The largest absolute Gasteiger partial charge is 0.493 e. The minimum atomic E-state index is 0.0745. The van der Waals surface area contributed by atoms with Crippen LogP contribution in [-0.4, -0.2) is 39.0 Å². The van der Waals surface area contributed by atoms with Crippen LogP contribution >= 0.6 is 11.6 Å². The Bertz CT molecular complexity index is 1300. The number of hydrogen-bond acceptors (Lipinski definition) is 5. The molecule has 7 heteroatoms. The summed E-state index contributed by atoms with van der Waals surface area (Å²) in [6.45, 7) is 3.11. The predicted molar refractivity (Wildman–Crippen MR) is 136 cm³/mol. The van der Waals surface area contributed by atoms with E-state index in [9.17, 15) is 10.5 Å². The van der Waals surface area contributed by atoms with Crippen molar-refractivity contribution < 1.29 is 4.74 Å². The Morgan fingerprint density at radius 3 is 2.53 bits per heavy atom. The van der Waals surface area contributed by atoms with Crippen LogP contribution in [0.1, 0.15) is 40.8 Å². The molecule has 0 aliphatic carbocycles. The molecular weight excluding hydrogens is 443 g/mol. The Labute approximate surface area is 206 Å². The van der Waals surface area contributed by atoms with E-state index in [0.29, 0.717) is 22.8 Å². The first-order valence-electron chi connectivity index (χ1n) is 11.5. The molecule has 0 saturated carbocycles. The average molecular weight is 467 g/mol. The average Bonchev–Trinajstić information content (AvgIpc) is 2.88. The molecule has 0 aromatic heterocycles. The molecule has 5 nitrogen and oxygen atoms in total. The molecule has 3 aromatic rings. The highest BCUT2D eigenvalue weighted by Crippen LogP contribution is 2.41. The van der Waals surface area contributed by atoms with Gasteiger partial charge in [0.25, 0.3) is 0 Å². The van der Waals surface area contributed by atoms with Gasteiger partial charge in [-0.3, -0.25) is 4.90 Å². The van der Waals surface area contributed by atoms with E-state index >= 15 is 0 Å². The number of piperazine rings is 1. The monoisotopic (exact) mass is 466 g/mol.